The van der Waals surface area contributed by atoms with E-state index in [1.54, 1.807) is 0 Å². The third kappa shape index (κ3) is 2.22. The van der Waals surface area contributed by atoms with Gasteiger partial charge < -0.3 is 14.6 Å². The fourth-order valence-corrected chi connectivity index (χ4v) is 2.35. The summed E-state index contributed by atoms with van der Waals surface area (Å²) in [6, 6.07) is 1.01. The first-order valence-corrected chi connectivity index (χ1v) is 5.77. The van der Waals surface area contributed by atoms with Crippen LogP contribution in [0.25, 0.3) is 0 Å². The molecule has 1 saturated carbocycles. The van der Waals surface area contributed by atoms with Crippen LogP contribution in [0.4, 0.5) is 8.78 Å². The van der Waals surface area contributed by atoms with Crippen LogP contribution in [0.15, 0.2) is 6.07 Å². The predicted molar refractivity (Wildman–Crippen MR) is 62.6 cm³/mol. The zero-order chi connectivity index (χ0) is 14.2. The number of rotatable bonds is 5. The summed E-state index contributed by atoms with van der Waals surface area (Å²) in [6.45, 7) is 0. The number of carboxylic acid groups (broad SMARTS) is 1. The summed E-state index contributed by atoms with van der Waals surface area (Å²) < 4.78 is 37.1. The maximum absolute atomic E-state index is 13.6. The van der Waals surface area contributed by atoms with Gasteiger partial charge in [0.2, 0.25) is 5.82 Å². The molecule has 0 saturated heterocycles. The van der Waals surface area contributed by atoms with Crippen molar-refractivity contribution in [3.63, 3.8) is 0 Å². The van der Waals surface area contributed by atoms with Crippen LogP contribution in [-0.2, 0) is 10.2 Å². The van der Waals surface area contributed by atoms with Gasteiger partial charge in [-0.05, 0) is 18.9 Å². The molecule has 0 bridgehead atoms. The van der Waals surface area contributed by atoms with E-state index in [0.29, 0.717) is 18.4 Å². The molecule has 1 aromatic rings. The van der Waals surface area contributed by atoms with E-state index in [2.05, 4.69) is 0 Å². The molecule has 0 atom stereocenters. The van der Waals surface area contributed by atoms with Crippen molar-refractivity contribution in [3.8, 4) is 11.5 Å². The molecule has 6 heteroatoms. The van der Waals surface area contributed by atoms with Gasteiger partial charge in [0.1, 0.15) is 0 Å². The van der Waals surface area contributed by atoms with Crippen molar-refractivity contribution >= 4 is 5.97 Å². The van der Waals surface area contributed by atoms with Crippen LogP contribution in [0.1, 0.15) is 24.8 Å². The molecule has 1 aromatic carbocycles. The fourth-order valence-electron chi connectivity index (χ4n) is 2.35. The number of methoxy groups -OCH3 is 2. The van der Waals surface area contributed by atoms with Gasteiger partial charge >= 0.3 is 5.97 Å². The van der Waals surface area contributed by atoms with Crippen LogP contribution in [0, 0.1) is 11.6 Å². The van der Waals surface area contributed by atoms with Gasteiger partial charge in [0.25, 0.3) is 0 Å². The topological polar surface area (TPSA) is 55.8 Å². The standard InChI is InChI=1S/C13H14F2O4/c1-18-11-7(13(3-4-13)6-9(16)17)5-8(14)10(15)12(11)19-2/h5H,3-4,6H2,1-2H3,(H,16,17). The van der Waals surface area contributed by atoms with Gasteiger partial charge in [-0.1, -0.05) is 0 Å². The molecule has 0 heterocycles. The van der Waals surface area contributed by atoms with E-state index < -0.39 is 23.0 Å². The minimum absolute atomic E-state index is 0.0696. The zero-order valence-electron chi connectivity index (χ0n) is 10.6. The number of aliphatic carboxylic acids is 1. The average molecular weight is 272 g/mol. The summed E-state index contributed by atoms with van der Waals surface area (Å²) in [5.41, 5.74) is -0.327. The van der Waals surface area contributed by atoms with Crippen molar-refractivity contribution in [2.75, 3.05) is 14.2 Å². The third-order valence-corrected chi connectivity index (χ3v) is 3.45. The Balaban J connectivity index is 2.57. The van der Waals surface area contributed by atoms with E-state index in [1.165, 1.54) is 14.2 Å². The molecule has 0 amide bonds. The first-order chi connectivity index (χ1) is 8.95. The van der Waals surface area contributed by atoms with Gasteiger partial charge in [0.15, 0.2) is 17.3 Å². The molecule has 0 spiro atoms. The first-order valence-electron chi connectivity index (χ1n) is 5.77. The monoisotopic (exact) mass is 272 g/mol. The second-order valence-corrected chi connectivity index (χ2v) is 4.64. The zero-order valence-corrected chi connectivity index (χ0v) is 10.6. The van der Waals surface area contributed by atoms with Gasteiger partial charge in [0, 0.05) is 11.0 Å². The van der Waals surface area contributed by atoms with Crippen molar-refractivity contribution in [3.05, 3.63) is 23.3 Å². The Morgan fingerprint density at radius 1 is 1.32 bits per heavy atom. The normalized spacial score (nSPS) is 16.0. The quantitative estimate of drug-likeness (QED) is 0.894. The lowest BCUT2D eigenvalue weighted by Crippen LogP contribution is -2.15. The van der Waals surface area contributed by atoms with Crippen molar-refractivity contribution in [1.82, 2.24) is 0 Å². The van der Waals surface area contributed by atoms with Crippen LogP contribution in [0.3, 0.4) is 0 Å². The minimum atomic E-state index is -1.13. The summed E-state index contributed by atoms with van der Waals surface area (Å²) >= 11 is 0. The number of hydrogen-bond donors (Lipinski definition) is 1. The maximum atomic E-state index is 13.6. The van der Waals surface area contributed by atoms with E-state index in [0.717, 1.165) is 6.07 Å². The highest BCUT2D eigenvalue weighted by Crippen LogP contribution is 2.56. The summed E-state index contributed by atoms with van der Waals surface area (Å²) in [5, 5.41) is 8.92. The Morgan fingerprint density at radius 2 is 1.89 bits per heavy atom. The van der Waals surface area contributed by atoms with E-state index in [9.17, 15) is 13.6 Å². The van der Waals surface area contributed by atoms with E-state index >= 15 is 0 Å². The second-order valence-electron chi connectivity index (χ2n) is 4.64. The predicted octanol–water partition coefficient (Wildman–Crippen LogP) is 2.49. The molecular weight excluding hydrogens is 258 g/mol. The molecule has 0 unspecified atom stereocenters. The molecule has 2 rings (SSSR count). The van der Waals surface area contributed by atoms with Crippen molar-refractivity contribution in [2.24, 2.45) is 0 Å². The van der Waals surface area contributed by atoms with E-state index in [1.807, 2.05) is 0 Å². The molecular formula is C13H14F2O4. The number of ether oxygens (including phenoxy) is 2. The SMILES string of the molecule is COc1c(C2(CC(=O)O)CC2)cc(F)c(F)c1OC. The summed E-state index contributed by atoms with van der Waals surface area (Å²) in [6.07, 6.45) is 1.06. The summed E-state index contributed by atoms with van der Waals surface area (Å²) in [7, 11) is 2.52. The van der Waals surface area contributed by atoms with Gasteiger partial charge in [-0.15, -0.1) is 0 Å². The minimum Gasteiger partial charge on any atom is -0.492 e. The number of benzene rings is 1. The highest BCUT2D eigenvalue weighted by molar-refractivity contribution is 5.71. The van der Waals surface area contributed by atoms with Gasteiger partial charge in [-0.25, -0.2) is 4.39 Å². The van der Waals surface area contributed by atoms with Crippen molar-refractivity contribution < 1.29 is 28.2 Å². The van der Waals surface area contributed by atoms with Crippen LogP contribution in [-0.4, -0.2) is 25.3 Å². The van der Waals surface area contributed by atoms with Crippen LogP contribution < -0.4 is 9.47 Å². The molecule has 4 nitrogen and oxygen atoms in total. The number of carboxylic acids is 1. The molecule has 1 aliphatic carbocycles. The summed E-state index contributed by atoms with van der Waals surface area (Å²) in [5.74, 6) is -3.43. The van der Waals surface area contributed by atoms with E-state index in [-0.39, 0.29) is 17.9 Å². The van der Waals surface area contributed by atoms with E-state index in [4.69, 9.17) is 14.6 Å². The largest absolute Gasteiger partial charge is 0.492 e. The van der Waals surface area contributed by atoms with Crippen LogP contribution in [0.2, 0.25) is 0 Å². The van der Waals surface area contributed by atoms with Gasteiger partial charge in [-0.3, -0.25) is 4.79 Å². The number of halogens is 2. The van der Waals surface area contributed by atoms with Gasteiger partial charge in [0.05, 0.1) is 20.6 Å². The lowest BCUT2D eigenvalue weighted by atomic mass is 9.91. The Labute approximate surface area is 108 Å². The molecule has 1 fully saturated rings. The van der Waals surface area contributed by atoms with Crippen molar-refractivity contribution in [1.29, 1.82) is 0 Å². The third-order valence-electron chi connectivity index (χ3n) is 3.45. The highest BCUT2D eigenvalue weighted by atomic mass is 19.2. The molecule has 1 N–H and O–H groups in total. The summed E-state index contributed by atoms with van der Waals surface area (Å²) in [4.78, 5) is 10.9. The lowest BCUT2D eigenvalue weighted by molar-refractivity contribution is -0.137. The first kappa shape index (κ1) is 13.6. The second kappa shape index (κ2) is 4.68. The molecule has 0 aliphatic heterocycles. The van der Waals surface area contributed by atoms with Crippen LogP contribution >= 0.6 is 0 Å². The molecule has 19 heavy (non-hydrogen) atoms. The van der Waals surface area contributed by atoms with Gasteiger partial charge in [-0.2, -0.15) is 4.39 Å². The maximum Gasteiger partial charge on any atom is 0.304 e. The Kier molecular flexibility index (Phi) is 3.34. The fraction of sp³-hybridized carbons (Fsp3) is 0.462. The number of carbonyl (C=O) groups is 1. The molecule has 0 radical (unpaired) electrons. The Hall–Kier alpha value is -1.85. The molecule has 104 valence electrons. The van der Waals surface area contributed by atoms with Crippen LogP contribution in [0.5, 0.6) is 11.5 Å². The Morgan fingerprint density at radius 3 is 2.32 bits per heavy atom. The number of hydrogen-bond acceptors (Lipinski definition) is 3. The molecule has 0 aromatic heterocycles. The lowest BCUT2D eigenvalue weighted by Gasteiger charge is -2.19. The Bertz CT molecular complexity index is 524. The molecule has 1 aliphatic rings. The van der Waals surface area contributed by atoms with Crippen molar-refractivity contribution in [2.45, 2.75) is 24.7 Å². The average Bonchev–Trinajstić information content (AvgIpc) is 3.11. The highest BCUT2D eigenvalue weighted by Gasteiger charge is 2.49. The smallest absolute Gasteiger partial charge is 0.304 e.